The van der Waals surface area contributed by atoms with Crippen LogP contribution in [0.4, 0.5) is 0 Å². The zero-order valence-corrected chi connectivity index (χ0v) is 28.6. The van der Waals surface area contributed by atoms with E-state index < -0.39 is 16.6 Å². The number of fused-ring (bicyclic) bond motifs is 5. The molecule has 4 heteroatoms. The van der Waals surface area contributed by atoms with Gasteiger partial charge >= 0.3 is 0 Å². The largest absolute Gasteiger partial charge is 0.414 e. The summed E-state index contributed by atoms with van der Waals surface area (Å²) >= 11 is 0. The molecule has 0 aromatic heterocycles. The molecule has 0 aliphatic heterocycles. The predicted molar refractivity (Wildman–Crippen MR) is 165 cm³/mol. The van der Waals surface area contributed by atoms with Gasteiger partial charge in [-0.25, -0.2) is 0 Å². The van der Waals surface area contributed by atoms with Gasteiger partial charge in [-0.2, -0.15) is 0 Å². The predicted octanol–water partition coefficient (Wildman–Crippen LogP) is 10.1. The molecular formula is C33H62O2Si2. The SMILES string of the molecule is CC(C)C(CC[C@H](C)C1CCC2C3CC=C4C[C@@H](O[Si](C)(C)C)CCC4(C)C3CCC21C)O[Si](C)(C)C. The van der Waals surface area contributed by atoms with Crippen molar-refractivity contribution in [3.8, 4) is 0 Å². The summed E-state index contributed by atoms with van der Waals surface area (Å²) in [5.41, 5.74) is 2.76. The maximum atomic E-state index is 6.64. The fraction of sp³-hybridized carbons (Fsp3) is 0.939. The summed E-state index contributed by atoms with van der Waals surface area (Å²) in [4.78, 5) is 0. The minimum absolute atomic E-state index is 0.436. The molecule has 0 spiro atoms. The molecule has 0 aromatic carbocycles. The monoisotopic (exact) mass is 546 g/mol. The van der Waals surface area contributed by atoms with Crippen molar-refractivity contribution in [3.63, 3.8) is 0 Å². The summed E-state index contributed by atoms with van der Waals surface area (Å²) in [7, 11) is -2.97. The normalized spacial score (nSPS) is 40.0. The Morgan fingerprint density at radius 1 is 0.865 bits per heavy atom. The fourth-order valence-electron chi connectivity index (χ4n) is 9.81. The third-order valence-corrected chi connectivity index (χ3v) is 13.5. The Bertz CT molecular complexity index is 823. The van der Waals surface area contributed by atoms with Gasteiger partial charge in [-0.15, -0.1) is 0 Å². The molecule has 4 aliphatic rings. The molecule has 3 saturated carbocycles. The van der Waals surface area contributed by atoms with E-state index in [1.54, 1.807) is 5.57 Å². The van der Waals surface area contributed by atoms with E-state index in [1.165, 1.54) is 64.2 Å². The van der Waals surface area contributed by atoms with Gasteiger partial charge in [0, 0.05) is 12.2 Å². The molecule has 37 heavy (non-hydrogen) atoms. The van der Waals surface area contributed by atoms with Crippen molar-refractivity contribution in [2.45, 2.75) is 150 Å². The second kappa shape index (κ2) is 10.8. The van der Waals surface area contributed by atoms with Crippen molar-refractivity contribution in [1.82, 2.24) is 0 Å². The van der Waals surface area contributed by atoms with E-state index >= 15 is 0 Å². The lowest BCUT2D eigenvalue weighted by Gasteiger charge is -2.58. The first-order valence-electron chi connectivity index (χ1n) is 16.1. The van der Waals surface area contributed by atoms with Gasteiger partial charge in [0.25, 0.3) is 0 Å². The Morgan fingerprint density at radius 3 is 2.19 bits per heavy atom. The molecule has 0 heterocycles. The minimum Gasteiger partial charge on any atom is -0.414 e. The van der Waals surface area contributed by atoms with Crippen molar-refractivity contribution in [2.75, 3.05) is 0 Å². The van der Waals surface area contributed by atoms with E-state index in [0.717, 1.165) is 29.6 Å². The summed E-state index contributed by atoms with van der Waals surface area (Å²) in [5, 5.41) is 0. The van der Waals surface area contributed by atoms with E-state index in [-0.39, 0.29) is 0 Å². The highest BCUT2D eigenvalue weighted by molar-refractivity contribution is 6.70. The van der Waals surface area contributed by atoms with Gasteiger partial charge in [0.1, 0.15) is 0 Å². The molecule has 3 fully saturated rings. The third kappa shape index (κ3) is 6.38. The highest BCUT2D eigenvalue weighted by Gasteiger charge is 2.59. The highest BCUT2D eigenvalue weighted by Crippen LogP contribution is 2.67. The molecule has 4 rings (SSSR count). The van der Waals surface area contributed by atoms with Crippen molar-refractivity contribution >= 4 is 16.6 Å². The zero-order chi connectivity index (χ0) is 27.4. The summed E-state index contributed by atoms with van der Waals surface area (Å²) in [6.45, 7) is 26.8. The topological polar surface area (TPSA) is 18.5 Å². The van der Waals surface area contributed by atoms with Crippen LogP contribution < -0.4 is 0 Å². The van der Waals surface area contributed by atoms with Crippen LogP contribution in [0.15, 0.2) is 11.6 Å². The number of hydrogen-bond acceptors (Lipinski definition) is 2. The molecule has 0 N–H and O–H groups in total. The van der Waals surface area contributed by atoms with Crippen LogP contribution in [0.25, 0.3) is 0 Å². The Hall–Kier alpha value is 0.0938. The molecule has 0 saturated heterocycles. The van der Waals surface area contributed by atoms with Crippen molar-refractivity contribution in [2.24, 2.45) is 46.3 Å². The Labute approximate surface area is 233 Å². The first-order chi connectivity index (χ1) is 17.0. The van der Waals surface area contributed by atoms with Gasteiger partial charge in [0.2, 0.25) is 0 Å². The smallest absolute Gasteiger partial charge is 0.184 e. The fourth-order valence-corrected chi connectivity index (χ4v) is 12.3. The summed E-state index contributed by atoms with van der Waals surface area (Å²) in [5.74, 6) is 5.09. The maximum Gasteiger partial charge on any atom is 0.184 e. The average Bonchev–Trinajstić information content (AvgIpc) is 3.12. The molecule has 0 bridgehead atoms. The first kappa shape index (κ1) is 30.1. The highest BCUT2D eigenvalue weighted by atomic mass is 28.4. The maximum absolute atomic E-state index is 6.64. The van der Waals surface area contributed by atoms with Gasteiger partial charge in [-0.05, 0) is 150 Å². The van der Waals surface area contributed by atoms with E-state index in [4.69, 9.17) is 8.85 Å². The molecule has 0 radical (unpaired) electrons. The lowest BCUT2D eigenvalue weighted by atomic mass is 9.47. The number of hydrogen-bond donors (Lipinski definition) is 0. The van der Waals surface area contributed by atoms with Crippen molar-refractivity contribution in [3.05, 3.63) is 11.6 Å². The van der Waals surface area contributed by atoms with Gasteiger partial charge in [0.05, 0.1) is 0 Å². The Morgan fingerprint density at radius 2 is 1.57 bits per heavy atom. The number of rotatable bonds is 9. The number of allylic oxidation sites excluding steroid dienone is 1. The summed E-state index contributed by atoms with van der Waals surface area (Å²) in [6, 6.07) is 0. The van der Waals surface area contributed by atoms with Crippen LogP contribution in [-0.4, -0.2) is 28.8 Å². The van der Waals surface area contributed by atoms with Crippen molar-refractivity contribution in [1.29, 1.82) is 0 Å². The Kier molecular flexibility index (Phi) is 8.79. The van der Waals surface area contributed by atoms with E-state index in [0.29, 0.717) is 29.0 Å². The standard InChI is InChI=1S/C33H62O2Si2/c1-23(2)31(35-37(9,10)11)17-12-24(3)28-15-16-29-27-14-13-25-22-26(34-36(6,7)8)18-20-32(25,4)30(27)19-21-33(28,29)5/h13,23-24,26-31H,12,14-22H2,1-11H3/t24-,26-,27?,28?,29?,30?,31?,32?,33?/m0/s1. The summed E-state index contributed by atoms with van der Waals surface area (Å²) < 4.78 is 13.2. The quantitative estimate of drug-likeness (QED) is 0.211. The first-order valence-corrected chi connectivity index (χ1v) is 22.9. The van der Waals surface area contributed by atoms with Crippen LogP contribution in [0.3, 0.4) is 0 Å². The Balaban J connectivity index is 1.43. The van der Waals surface area contributed by atoms with Crippen LogP contribution in [0.1, 0.15) is 98.8 Å². The molecule has 2 nitrogen and oxygen atoms in total. The molecule has 0 amide bonds. The molecule has 4 aliphatic carbocycles. The van der Waals surface area contributed by atoms with E-state index in [1.807, 2.05) is 0 Å². The molecule has 9 atom stereocenters. The second-order valence-corrected chi connectivity index (χ2v) is 25.6. The van der Waals surface area contributed by atoms with E-state index in [9.17, 15) is 0 Å². The molecule has 7 unspecified atom stereocenters. The van der Waals surface area contributed by atoms with Crippen LogP contribution in [-0.2, 0) is 8.85 Å². The second-order valence-electron chi connectivity index (χ2n) is 16.7. The lowest BCUT2D eigenvalue weighted by Crippen LogP contribution is -2.51. The van der Waals surface area contributed by atoms with Gasteiger partial charge in [-0.3, -0.25) is 0 Å². The lowest BCUT2D eigenvalue weighted by molar-refractivity contribution is -0.0568. The van der Waals surface area contributed by atoms with Crippen LogP contribution >= 0.6 is 0 Å². The average molecular weight is 547 g/mol. The minimum atomic E-state index is -1.50. The van der Waals surface area contributed by atoms with Gasteiger partial charge in [0.15, 0.2) is 16.6 Å². The molecule has 0 aromatic rings. The van der Waals surface area contributed by atoms with Crippen molar-refractivity contribution < 1.29 is 8.85 Å². The third-order valence-electron chi connectivity index (χ3n) is 11.5. The molecule has 214 valence electrons. The molecular weight excluding hydrogens is 485 g/mol. The zero-order valence-electron chi connectivity index (χ0n) is 26.6. The van der Waals surface area contributed by atoms with Crippen LogP contribution in [0.5, 0.6) is 0 Å². The van der Waals surface area contributed by atoms with E-state index in [2.05, 4.69) is 80.0 Å². The van der Waals surface area contributed by atoms with Crippen LogP contribution in [0, 0.1) is 46.3 Å². The van der Waals surface area contributed by atoms with Gasteiger partial charge < -0.3 is 8.85 Å². The van der Waals surface area contributed by atoms with Gasteiger partial charge in [-0.1, -0.05) is 46.3 Å². The van der Waals surface area contributed by atoms with Crippen LogP contribution in [0.2, 0.25) is 39.3 Å². The summed E-state index contributed by atoms with van der Waals surface area (Å²) in [6.07, 6.45) is 17.3.